The van der Waals surface area contributed by atoms with Crippen molar-refractivity contribution in [2.24, 2.45) is 0 Å². The number of aryl methyl sites for hydroxylation is 3. The Hall–Kier alpha value is -2.13. The predicted octanol–water partition coefficient (Wildman–Crippen LogP) is 5.22. The number of likely N-dealkylation sites (tertiary alicyclic amines) is 1. The first-order valence-electron chi connectivity index (χ1n) is 9.36. The van der Waals surface area contributed by atoms with E-state index >= 15 is 0 Å². The number of fused-ring (bicyclic) bond motifs is 1. The summed E-state index contributed by atoms with van der Waals surface area (Å²) >= 11 is 0. The van der Waals surface area contributed by atoms with Crippen LogP contribution in [0.2, 0.25) is 0 Å². The first-order chi connectivity index (χ1) is 12.1. The number of hydrogen-bond donors (Lipinski definition) is 1. The quantitative estimate of drug-likeness (QED) is 0.713. The zero-order valence-electron chi connectivity index (χ0n) is 15.5. The highest BCUT2D eigenvalue weighted by Crippen LogP contribution is 2.32. The third-order valence-corrected chi connectivity index (χ3v) is 5.51. The molecule has 25 heavy (non-hydrogen) atoms. The molecule has 0 bridgehead atoms. The van der Waals surface area contributed by atoms with Crippen molar-refractivity contribution in [3.05, 3.63) is 64.5 Å². The maximum absolute atomic E-state index is 4.95. The third-order valence-electron chi connectivity index (χ3n) is 5.51. The molecule has 0 aliphatic carbocycles. The summed E-state index contributed by atoms with van der Waals surface area (Å²) in [4.78, 5) is 11.2. The Morgan fingerprint density at radius 1 is 1.08 bits per heavy atom. The number of nitrogens with one attached hydrogen (secondary N) is 1. The summed E-state index contributed by atoms with van der Waals surface area (Å²) in [5, 5.41) is 0. The van der Waals surface area contributed by atoms with Crippen LogP contribution in [0.3, 0.4) is 0 Å². The molecule has 1 atom stereocenters. The fraction of sp³-hybridized carbons (Fsp3) is 0.409. The van der Waals surface area contributed by atoms with Gasteiger partial charge in [0, 0.05) is 6.54 Å². The van der Waals surface area contributed by atoms with E-state index in [-0.39, 0.29) is 0 Å². The van der Waals surface area contributed by atoms with Gasteiger partial charge in [-0.2, -0.15) is 0 Å². The fourth-order valence-electron chi connectivity index (χ4n) is 3.98. The Morgan fingerprint density at radius 2 is 1.92 bits per heavy atom. The number of H-pyrrole nitrogens is 1. The normalized spacial score (nSPS) is 18.8. The van der Waals surface area contributed by atoms with Crippen molar-refractivity contribution in [2.75, 3.05) is 6.54 Å². The lowest BCUT2D eigenvalue weighted by Crippen LogP contribution is -2.33. The minimum atomic E-state index is 0.391. The van der Waals surface area contributed by atoms with Crippen LogP contribution in [0, 0.1) is 20.8 Å². The smallest absolute Gasteiger partial charge is 0.124 e. The summed E-state index contributed by atoms with van der Waals surface area (Å²) in [6.07, 6.45) is 3.74. The number of benzene rings is 2. The topological polar surface area (TPSA) is 31.9 Å². The van der Waals surface area contributed by atoms with Crippen molar-refractivity contribution in [3.63, 3.8) is 0 Å². The monoisotopic (exact) mass is 333 g/mol. The second-order valence-corrected chi connectivity index (χ2v) is 7.55. The third kappa shape index (κ3) is 3.34. The highest BCUT2D eigenvalue weighted by atomic mass is 15.2. The molecule has 1 N–H and O–H groups in total. The van der Waals surface area contributed by atoms with Gasteiger partial charge in [0.15, 0.2) is 0 Å². The zero-order valence-corrected chi connectivity index (χ0v) is 15.5. The highest BCUT2D eigenvalue weighted by molar-refractivity contribution is 5.77. The number of aromatic nitrogens is 2. The lowest BCUT2D eigenvalue weighted by molar-refractivity contribution is 0.134. The van der Waals surface area contributed by atoms with Crippen molar-refractivity contribution in [1.29, 1.82) is 0 Å². The number of imidazole rings is 1. The lowest BCUT2D eigenvalue weighted by Gasteiger charge is -2.34. The molecule has 3 heteroatoms. The second-order valence-electron chi connectivity index (χ2n) is 7.55. The molecular formula is C22H27N3. The highest BCUT2D eigenvalue weighted by Gasteiger charge is 2.26. The van der Waals surface area contributed by atoms with Crippen LogP contribution < -0.4 is 0 Å². The molecule has 130 valence electrons. The van der Waals surface area contributed by atoms with Crippen LogP contribution >= 0.6 is 0 Å². The zero-order chi connectivity index (χ0) is 17.4. The molecule has 0 amide bonds. The molecule has 1 fully saturated rings. The van der Waals surface area contributed by atoms with Crippen LogP contribution in [0.5, 0.6) is 0 Å². The van der Waals surface area contributed by atoms with Gasteiger partial charge in [-0.05, 0) is 69.0 Å². The maximum Gasteiger partial charge on any atom is 0.124 e. The lowest BCUT2D eigenvalue weighted by atomic mass is 10.00. The number of nitrogens with zero attached hydrogens (tertiary/aromatic N) is 2. The number of rotatable bonds is 3. The Bertz CT molecular complexity index is 854. The van der Waals surface area contributed by atoms with Crippen molar-refractivity contribution in [3.8, 4) is 0 Å². The van der Waals surface area contributed by atoms with E-state index in [4.69, 9.17) is 4.98 Å². The number of piperidine rings is 1. The molecule has 0 spiro atoms. The van der Waals surface area contributed by atoms with Crippen LogP contribution in [-0.4, -0.2) is 21.4 Å². The van der Waals surface area contributed by atoms with Gasteiger partial charge in [-0.25, -0.2) is 4.98 Å². The summed E-state index contributed by atoms with van der Waals surface area (Å²) in [6.45, 7) is 8.64. The van der Waals surface area contributed by atoms with Gasteiger partial charge in [0.1, 0.15) is 5.82 Å². The summed E-state index contributed by atoms with van der Waals surface area (Å²) < 4.78 is 0. The summed E-state index contributed by atoms with van der Waals surface area (Å²) in [5.74, 6) is 1.13. The van der Waals surface area contributed by atoms with Crippen molar-refractivity contribution in [1.82, 2.24) is 14.9 Å². The van der Waals surface area contributed by atoms with E-state index in [0.717, 1.165) is 24.4 Å². The first kappa shape index (κ1) is 16.3. The molecule has 0 saturated carbocycles. The Morgan fingerprint density at radius 3 is 2.76 bits per heavy atom. The molecule has 3 nitrogen and oxygen atoms in total. The molecule has 1 aliphatic heterocycles. The van der Waals surface area contributed by atoms with Crippen LogP contribution in [0.1, 0.15) is 53.4 Å². The molecular weight excluding hydrogens is 306 g/mol. The average Bonchev–Trinajstić information content (AvgIpc) is 2.98. The van der Waals surface area contributed by atoms with Crippen LogP contribution in [0.15, 0.2) is 36.4 Å². The minimum absolute atomic E-state index is 0.391. The molecule has 1 aliphatic rings. The number of hydrogen-bond acceptors (Lipinski definition) is 2. The molecule has 2 heterocycles. The molecule has 1 unspecified atom stereocenters. The van der Waals surface area contributed by atoms with E-state index in [0.29, 0.717) is 6.04 Å². The van der Waals surface area contributed by atoms with Gasteiger partial charge in [0.25, 0.3) is 0 Å². The van der Waals surface area contributed by atoms with Crippen LogP contribution in [0.4, 0.5) is 0 Å². The second kappa shape index (κ2) is 6.64. The van der Waals surface area contributed by atoms with Gasteiger partial charge >= 0.3 is 0 Å². The maximum atomic E-state index is 4.95. The first-order valence-corrected chi connectivity index (χ1v) is 9.36. The fourth-order valence-corrected chi connectivity index (χ4v) is 3.98. The van der Waals surface area contributed by atoms with Crippen molar-refractivity contribution >= 4 is 11.0 Å². The minimum Gasteiger partial charge on any atom is -0.341 e. The Labute approximate surface area is 150 Å². The van der Waals surface area contributed by atoms with E-state index in [1.54, 1.807) is 0 Å². The van der Waals surface area contributed by atoms with Gasteiger partial charge in [-0.15, -0.1) is 0 Å². The van der Waals surface area contributed by atoms with Gasteiger partial charge in [0.2, 0.25) is 0 Å². The molecule has 0 radical (unpaired) electrons. The standard InChI is InChI=1S/C22H27N3/c1-15-7-6-8-18(11-15)14-25-10-5-4-9-21(25)22-23-19-12-16(2)17(3)13-20(19)24-22/h6-8,11-13,21H,4-5,9-10,14H2,1-3H3,(H,23,24). The van der Waals surface area contributed by atoms with E-state index in [1.807, 2.05) is 0 Å². The number of aromatic amines is 1. The van der Waals surface area contributed by atoms with E-state index in [9.17, 15) is 0 Å². The van der Waals surface area contributed by atoms with E-state index in [2.05, 4.69) is 67.1 Å². The van der Waals surface area contributed by atoms with Crippen LogP contribution in [0.25, 0.3) is 11.0 Å². The SMILES string of the molecule is Cc1cccc(CN2CCCCC2c2nc3cc(C)c(C)cc3[nH]2)c1. The molecule has 4 rings (SSSR count). The van der Waals surface area contributed by atoms with Crippen molar-refractivity contribution < 1.29 is 0 Å². The predicted molar refractivity (Wildman–Crippen MR) is 104 cm³/mol. The van der Waals surface area contributed by atoms with Gasteiger partial charge < -0.3 is 4.98 Å². The summed E-state index contributed by atoms with van der Waals surface area (Å²) in [5.41, 5.74) is 7.63. The van der Waals surface area contributed by atoms with Gasteiger partial charge in [-0.3, -0.25) is 4.90 Å². The van der Waals surface area contributed by atoms with E-state index < -0.39 is 0 Å². The average molecular weight is 333 g/mol. The van der Waals surface area contributed by atoms with Gasteiger partial charge in [-0.1, -0.05) is 36.2 Å². The molecule has 1 aromatic heterocycles. The summed E-state index contributed by atoms with van der Waals surface area (Å²) in [6, 6.07) is 13.7. The van der Waals surface area contributed by atoms with Gasteiger partial charge in [0.05, 0.1) is 17.1 Å². The van der Waals surface area contributed by atoms with Crippen LogP contribution in [-0.2, 0) is 6.54 Å². The Kier molecular flexibility index (Phi) is 4.34. The molecule has 3 aromatic rings. The largest absolute Gasteiger partial charge is 0.341 e. The summed E-state index contributed by atoms with van der Waals surface area (Å²) in [7, 11) is 0. The van der Waals surface area contributed by atoms with E-state index in [1.165, 1.54) is 47.0 Å². The molecule has 2 aromatic carbocycles. The van der Waals surface area contributed by atoms with Crippen molar-refractivity contribution in [2.45, 2.75) is 52.6 Å². The Balaban J connectivity index is 1.64. The molecule has 1 saturated heterocycles.